The minimum atomic E-state index is -0.130. The zero-order valence-corrected chi connectivity index (χ0v) is 24.1. The van der Waals surface area contributed by atoms with Crippen LogP contribution in [0.2, 0.25) is 0 Å². The van der Waals surface area contributed by atoms with Gasteiger partial charge in [-0.2, -0.15) is 0 Å². The van der Waals surface area contributed by atoms with Gasteiger partial charge in [0.1, 0.15) is 5.82 Å². The summed E-state index contributed by atoms with van der Waals surface area (Å²) >= 11 is 2.02. The van der Waals surface area contributed by atoms with E-state index in [1.807, 2.05) is 31.1 Å². The minimum absolute atomic E-state index is 0.130. The van der Waals surface area contributed by atoms with Crippen molar-refractivity contribution < 1.29 is 9.53 Å². The maximum Gasteiger partial charge on any atom is 0.305 e. The molecular weight excluding hydrogens is 476 g/mol. The summed E-state index contributed by atoms with van der Waals surface area (Å²) < 4.78 is 4.98. The minimum Gasteiger partial charge on any atom is -0.466 e. The summed E-state index contributed by atoms with van der Waals surface area (Å²) in [5.74, 6) is 8.74. The number of rotatable bonds is 13. The van der Waals surface area contributed by atoms with Gasteiger partial charge in [0.2, 0.25) is 0 Å². The van der Waals surface area contributed by atoms with E-state index in [9.17, 15) is 4.79 Å². The number of esters is 1. The van der Waals surface area contributed by atoms with Gasteiger partial charge in [0, 0.05) is 35.7 Å². The van der Waals surface area contributed by atoms with E-state index in [1.165, 1.54) is 72.3 Å². The van der Waals surface area contributed by atoms with Crippen molar-refractivity contribution in [2.24, 2.45) is 0 Å². The first-order valence-corrected chi connectivity index (χ1v) is 15.3. The van der Waals surface area contributed by atoms with E-state index in [0.29, 0.717) is 13.0 Å². The summed E-state index contributed by atoms with van der Waals surface area (Å²) in [5.41, 5.74) is 5.18. The van der Waals surface area contributed by atoms with E-state index >= 15 is 0 Å². The number of hydrogen-bond donors (Lipinski definition) is 0. The molecule has 4 nitrogen and oxygen atoms in total. The van der Waals surface area contributed by atoms with Gasteiger partial charge < -0.3 is 4.74 Å². The van der Waals surface area contributed by atoms with Crippen LogP contribution >= 0.6 is 11.8 Å². The predicted molar refractivity (Wildman–Crippen MR) is 154 cm³/mol. The van der Waals surface area contributed by atoms with E-state index in [-0.39, 0.29) is 11.4 Å². The van der Waals surface area contributed by atoms with Gasteiger partial charge in [-0.05, 0) is 86.3 Å². The van der Waals surface area contributed by atoms with E-state index in [0.717, 1.165) is 37.1 Å². The van der Waals surface area contributed by atoms with Crippen molar-refractivity contribution in [3.63, 3.8) is 0 Å². The number of thioether (sulfide) groups is 1. The summed E-state index contributed by atoms with van der Waals surface area (Å²) in [6.07, 6.45) is 16.3. The number of benzene rings is 1. The Morgan fingerprint density at radius 3 is 2.43 bits per heavy atom. The molecule has 2 aromatic rings. The summed E-state index contributed by atoms with van der Waals surface area (Å²) in [7, 11) is 0. The van der Waals surface area contributed by atoms with Gasteiger partial charge >= 0.3 is 5.97 Å². The van der Waals surface area contributed by atoms with Crippen LogP contribution in [0.5, 0.6) is 0 Å². The molecule has 0 atom stereocenters. The Morgan fingerprint density at radius 2 is 1.73 bits per heavy atom. The molecule has 0 aliphatic carbocycles. The molecule has 0 saturated carbocycles. The van der Waals surface area contributed by atoms with Gasteiger partial charge in [0.25, 0.3) is 0 Å². The summed E-state index contributed by atoms with van der Waals surface area (Å²) in [4.78, 5) is 22.0. The Balaban J connectivity index is 1.76. The second-order valence-corrected chi connectivity index (χ2v) is 11.2. The third kappa shape index (κ3) is 8.34. The lowest BCUT2D eigenvalue weighted by Gasteiger charge is -2.38. The SMILES string of the molecule is CCCCCCc1cc2c(cc1C#Cc1cnc(CCCCC(=O)OCC)nc1)C(CC)(CC)CCS2. The number of nitrogens with zero attached hydrogens (tertiary/aromatic N) is 2. The van der Waals surface area contributed by atoms with Crippen molar-refractivity contribution >= 4 is 17.7 Å². The number of fused-ring (bicyclic) bond motifs is 1. The molecule has 0 radical (unpaired) electrons. The van der Waals surface area contributed by atoms with Crippen molar-refractivity contribution in [3.05, 3.63) is 52.6 Å². The van der Waals surface area contributed by atoms with Crippen molar-refractivity contribution in [2.75, 3.05) is 12.4 Å². The topological polar surface area (TPSA) is 52.1 Å². The van der Waals surface area contributed by atoms with Crippen molar-refractivity contribution in [3.8, 4) is 11.8 Å². The maximum atomic E-state index is 11.5. The van der Waals surface area contributed by atoms with Crippen LogP contribution in [0.15, 0.2) is 29.4 Å². The standard InChI is InChI=1S/C32H44N2O2S/c1-5-9-10-11-14-26-22-29-28(32(6-2,7-3)19-20-37-29)21-27(26)18-17-25-23-33-30(34-24-25)15-12-13-16-31(35)36-8-4/h21-24H,5-16,19-20H2,1-4H3. The van der Waals surface area contributed by atoms with Gasteiger partial charge in [0.05, 0.1) is 12.2 Å². The molecule has 200 valence electrons. The number of carbonyl (C=O) groups is 1. The number of unbranched alkanes of at least 4 members (excludes halogenated alkanes) is 4. The quantitative estimate of drug-likeness (QED) is 0.153. The molecule has 0 amide bonds. The Kier molecular flexibility index (Phi) is 12.0. The fourth-order valence-electron chi connectivity index (χ4n) is 5.17. The molecule has 37 heavy (non-hydrogen) atoms. The molecule has 1 aromatic carbocycles. The number of hydrogen-bond acceptors (Lipinski definition) is 5. The monoisotopic (exact) mass is 520 g/mol. The van der Waals surface area contributed by atoms with Crippen LogP contribution in [0.25, 0.3) is 0 Å². The normalized spacial score (nSPS) is 13.9. The molecule has 2 heterocycles. The summed E-state index contributed by atoms with van der Waals surface area (Å²) in [6, 6.07) is 4.86. The first-order chi connectivity index (χ1) is 18.0. The number of aryl methyl sites for hydroxylation is 2. The van der Waals surface area contributed by atoms with Gasteiger partial charge in [-0.15, -0.1) is 11.8 Å². The Hall–Kier alpha value is -2.32. The fourth-order valence-corrected chi connectivity index (χ4v) is 6.54. The smallest absolute Gasteiger partial charge is 0.305 e. The second-order valence-electron chi connectivity index (χ2n) is 10.1. The lowest BCUT2D eigenvalue weighted by atomic mass is 9.72. The van der Waals surface area contributed by atoms with Crippen LogP contribution in [0.3, 0.4) is 0 Å². The fraction of sp³-hybridized carbons (Fsp3) is 0.594. The summed E-state index contributed by atoms with van der Waals surface area (Å²) in [6.45, 7) is 9.20. The molecule has 1 aliphatic heterocycles. The van der Waals surface area contributed by atoms with Gasteiger partial charge in [-0.1, -0.05) is 51.9 Å². The zero-order chi connectivity index (χ0) is 26.5. The third-order valence-corrected chi connectivity index (χ3v) is 8.71. The van der Waals surface area contributed by atoms with E-state index in [1.54, 1.807) is 0 Å². The lowest BCUT2D eigenvalue weighted by Crippen LogP contribution is -2.29. The van der Waals surface area contributed by atoms with Gasteiger partial charge in [-0.3, -0.25) is 4.79 Å². The number of carbonyl (C=O) groups excluding carboxylic acids is 1. The highest BCUT2D eigenvalue weighted by Crippen LogP contribution is 2.47. The largest absolute Gasteiger partial charge is 0.466 e. The third-order valence-electron chi connectivity index (χ3n) is 7.65. The molecule has 0 unspecified atom stereocenters. The van der Waals surface area contributed by atoms with Crippen molar-refractivity contribution in [1.82, 2.24) is 9.97 Å². The van der Waals surface area contributed by atoms with Gasteiger partial charge in [-0.25, -0.2) is 9.97 Å². The second kappa shape index (κ2) is 15.2. The Morgan fingerprint density at radius 1 is 0.973 bits per heavy atom. The highest BCUT2D eigenvalue weighted by Gasteiger charge is 2.34. The predicted octanol–water partition coefficient (Wildman–Crippen LogP) is 7.83. The Bertz CT molecular complexity index is 1060. The van der Waals surface area contributed by atoms with Crippen LogP contribution in [0.4, 0.5) is 0 Å². The molecule has 0 spiro atoms. The number of ether oxygens (including phenoxy) is 1. The van der Waals surface area contributed by atoms with E-state index in [4.69, 9.17) is 4.74 Å². The molecule has 5 heteroatoms. The highest BCUT2D eigenvalue weighted by molar-refractivity contribution is 7.99. The van der Waals surface area contributed by atoms with E-state index < -0.39 is 0 Å². The molecule has 0 N–H and O–H groups in total. The number of aromatic nitrogens is 2. The first-order valence-electron chi connectivity index (χ1n) is 14.3. The Labute approximate surface area is 228 Å². The van der Waals surface area contributed by atoms with Crippen LogP contribution in [-0.2, 0) is 27.8 Å². The van der Waals surface area contributed by atoms with Crippen molar-refractivity contribution in [2.45, 2.75) is 115 Å². The first kappa shape index (κ1) is 29.2. The summed E-state index contributed by atoms with van der Waals surface area (Å²) in [5, 5.41) is 0. The maximum absolute atomic E-state index is 11.5. The molecule has 0 saturated heterocycles. The van der Waals surface area contributed by atoms with Crippen LogP contribution in [0, 0.1) is 11.8 Å². The molecule has 0 fully saturated rings. The van der Waals surface area contributed by atoms with E-state index in [2.05, 4.69) is 54.7 Å². The molecule has 3 rings (SSSR count). The zero-order valence-electron chi connectivity index (χ0n) is 23.3. The highest BCUT2D eigenvalue weighted by atomic mass is 32.2. The van der Waals surface area contributed by atoms with Crippen LogP contribution in [-0.4, -0.2) is 28.3 Å². The average molecular weight is 521 g/mol. The molecule has 1 aliphatic rings. The molecular formula is C32H44N2O2S. The lowest BCUT2D eigenvalue weighted by molar-refractivity contribution is -0.143. The molecule has 1 aromatic heterocycles. The van der Waals surface area contributed by atoms with Crippen molar-refractivity contribution in [1.29, 1.82) is 0 Å². The molecule has 0 bridgehead atoms. The van der Waals surface area contributed by atoms with Crippen LogP contribution in [0.1, 0.15) is 120 Å². The van der Waals surface area contributed by atoms with Crippen LogP contribution < -0.4 is 0 Å². The average Bonchev–Trinajstić information content (AvgIpc) is 2.92. The van der Waals surface area contributed by atoms with Gasteiger partial charge in [0.15, 0.2) is 0 Å².